The minimum absolute atomic E-state index is 0.135. The van der Waals surface area contributed by atoms with Crippen LogP contribution in [0.25, 0.3) is 0 Å². The first-order valence-electron chi connectivity index (χ1n) is 7.23. The first kappa shape index (κ1) is 18.0. The molecule has 0 radical (unpaired) electrons. The van der Waals surface area contributed by atoms with Crippen molar-refractivity contribution in [1.29, 1.82) is 0 Å². The Hall–Kier alpha value is -2.08. The number of amides is 1. The third-order valence-electron chi connectivity index (χ3n) is 2.97. The number of primary amides is 1. The molecule has 6 nitrogen and oxygen atoms in total. The van der Waals surface area contributed by atoms with Crippen LogP contribution in [0.4, 0.5) is 0 Å². The van der Waals surface area contributed by atoms with Gasteiger partial charge in [0, 0.05) is 12.1 Å². The van der Waals surface area contributed by atoms with E-state index in [4.69, 9.17) is 15.2 Å². The van der Waals surface area contributed by atoms with Crippen LogP contribution in [-0.2, 0) is 20.9 Å². The van der Waals surface area contributed by atoms with Crippen molar-refractivity contribution in [3.8, 4) is 5.75 Å². The summed E-state index contributed by atoms with van der Waals surface area (Å²) in [5.74, 6) is -0.130. The maximum absolute atomic E-state index is 11.5. The Morgan fingerprint density at radius 2 is 1.86 bits per heavy atom. The molecule has 0 saturated carbocycles. The molecule has 1 aromatic carbocycles. The van der Waals surface area contributed by atoms with E-state index >= 15 is 0 Å². The van der Waals surface area contributed by atoms with Crippen LogP contribution in [0.15, 0.2) is 24.3 Å². The lowest BCUT2D eigenvalue weighted by atomic mass is 10.0. The van der Waals surface area contributed by atoms with E-state index in [0.717, 1.165) is 5.56 Å². The molecule has 0 fully saturated rings. The molecule has 0 spiro atoms. The number of nitrogens with one attached hydrogen (secondary N) is 1. The number of benzene rings is 1. The van der Waals surface area contributed by atoms with E-state index in [1.54, 1.807) is 19.1 Å². The number of hydrogen-bond acceptors (Lipinski definition) is 5. The third kappa shape index (κ3) is 7.08. The van der Waals surface area contributed by atoms with Gasteiger partial charge < -0.3 is 20.5 Å². The highest BCUT2D eigenvalue weighted by atomic mass is 16.5. The fourth-order valence-corrected chi connectivity index (χ4v) is 1.83. The average molecular weight is 308 g/mol. The molecular formula is C16H24N2O4. The van der Waals surface area contributed by atoms with Gasteiger partial charge in [-0.05, 0) is 38.5 Å². The molecule has 1 rings (SSSR count). The van der Waals surface area contributed by atoms with Gasteiger partial charge in [-0.3, -0.25) is 9.59 Å². The summed E-state index contributed by atoms with van der Waals surface area (Å²) in [5, 5.41) is 3.32. The Bertz CT molecular complexity index is 497. The Morgan fingerprint density at radius 1 is 1.23 bits per heavy atom. The molecule has 0 bridgehead atoms. The first-order chi connectivity index (χ1) is 10.3. The molecule has 6 heteroatoms. The van der Waals surface area contributed by atoms with Gasteiger partial charge in [0.05, 0.1) is 13.0 Å². The lowest BCUT2D eigenvalue weighted by molar-refractivity contribution is -0.144. The van der Waals surface area contributed by atoms with E-state index in [1.807, 2.05) is 26.0 Å². The van der Waals surface area contributed by atoms with Gasteiger partial charge in [-0.15, -0.1) is 0 Å². The van der Waals surface area contributed by atoms with E-state index in [0.29, 0.717) is 25.3 Å². The molecule has 0 unspecified atom stereocenters. The number of hydrogen-bond donors (Lipinski definition) is 2. The van der Waals surface area contributed by atoms with Gasteiger partial charge in [0.15, 0.2) is 6.61 Å². The van der Waals surface area contributed by atoms with Crippen LogP contribution in [0.5, 0.6) is 5.75 Å². The molecule has 1 aromatic rings. The van der Waals surface area contributed by atoms with Crippen LogP contribution in [0, 0.1) is 0 Å². The average Bonchev–Trinajstić information content (AvgIpc) is 2.43. The summed E-state index contributed by atoms with van der Waals surface area (Å²) in [6, 6.07) is 7.34. The number of carbonyl (C=O) groups is 2. The normalized spacial score (nSPS) is 11.0. The van der Waals surface area contributed by atoms with Gasteiger partial charge in [0.1, 0.15) is 5.75 Å². The number of ether oxygens (including phenoxy) is 2. The Balaban J connectivity index is 2.46. The van der Waals surface area contributed by atoms with Gasteiger partial charge in [-0.2, -0.15) is 0 Å². The van der Waals surface area contributed by atoms with Crippen molar-refractivity contribution < 1.29 is 19.1 Å². The highest BCUT2D eigenvalue weighted by Gasteiger charge is 2.21. The molecule has 0 saturated heterocycles. The van der Waals surface area contributed by atoms with Crippen LogP contribution in [-0.4, -0.2) is 30.6 Å². The summed E-state index contributed by atoms with van der Waals surface area (Å²) in [4.78, 5) is 22.2. The lowest BCUT2D eigenvalue weighted by Gasteiger charge is -2.25. The van der Waals surface area contributed by atoms with Gasteiger partial charge >= 0.3 is 5.97 Å². The van der Waals surface area contributed by atoms with Gasteiger partial charge in [0.25, 0.3) is 5.91 Å². The quantitative estimate of drug-likeness (QED) is 0.672. The lowest BCUT2D eigenvalue weighted by Crippen LogP contribution is -2.41. The van der Waals surface area contributed by atoms with Crippen molar-refractivity contribution in [2.24, 2.45) is 5.73 Å². The molecule has 0 aliphatic rings. The maximum Gasteiger partial charge on any atom is 0.307 e. The highest BCUT2D eigenvalue weighted by molar-refractivity contribution is 5.75. The van der Waals surface area contributed by atoms with Gasteiger partial charge in [0.2, 0.25) is 0 Å². The van der Waals surface area contributed by atoms with Crippen molar-refractivity contribution in [2.45, 2.75) is 39.3 Å². The summed E-state index contributed by atoms with van der Waals surface area (Å²) in [5.41, 5.74) is 5.71. The predicted octanol–water partition coefficient (Wildman–Crippen LogP) is 1.37. The molecule has 122 valence electrons. The van der Waals surface area contributed by atoms with E-state index < -0.39 is 5.91 Å². The highest BCUT2D eigenvalue weighted by Crippen LogP contribution is 2.14. The number of carbonyl (C=O) groups excluding carboxylic acids is 2. The summed E-state index contributed by atoms with van der Waals surface area (Å²) < 4.78 is 10.1. The second kappa shape index (κ2) is 8.38. The maximum atomic E-state index is 11.5. The summed E-state index contributed by atoms with van der Waals surface area (Å²) in [7, 11) is 0. The monoisotopic (exact) mass is 308 g/mol. The zero-order chi connectivity index (χ0) is 16.6. The van der Waals surface area contributed by atoms with E-state index in [9.17, 15) is 9.59 Å². The van der Waals surface area contributed by atoms with E-state index in [2.05, 4.69) is 5.32 Å². The van der Waals surface area contributed by atoms with Gasteiger partial charge in [-0.25, -0.2) is 0 Å². The van der Waals surface area contributed by atoms with Crippen molar-refractivity contribution in [3.63, 3.8) is 0 Å². The first-order valence-corrected chi connectivity index (χ1v) is 7.23. The van der Waals surface area contributed by atoms with Crippen molar-refractivity contribution in [1.82, 2.24) is 5.32 Å². The number of nitrogens with two attached hydrogens (primary N) is 1. The minimum atomic E-state index is -0.508. The SMILES string of the molecule is CCOC(=O)CC(C)(C)NCc1ccc(OCC(N)=O)cc1. The van der Waals surface area contributed by atoms with Gasteiger partial charge in [-0.1, -0.05) is 12.1 Å². The van der Waals surface area contributed by atoms with Crippen molar-refractivity contribution in [2.75, 3.05) is 13.2 Å². The molecule has 22 heavy (non-hydrogen) atoms. The van der Waals surface area contributed by atoms with Crippen LogP contribution >= 0.6 is 0 Å². The number of rotatable bonds is 9. The summed E-state index contributed by atoms with van der Waals surface area (Å²) in [6.07, 6.45) is 0.306. The van der Waals surface area contributed by atoms with Crippen LogP contribution in [0.1, 0.15) is 32.8 Å². The van der Waals surface area contributed by atoms with Crippen LogP contribution in [0.3, 0.4) is 0 Å². The van der Waals surface area contributed by atoms with Crippen molar-refractivity contribution >= 4 is 11.9 Å². The molecule has 1 amide bonds. The molecule has 0 aliphatic carbocycles. The molecule has 0 atom stereocenters. The second-order valence-electron chi connectivity index (χ2n) is 5.62. The summed E-state index contributed by atoms with van der Waals surface area (Å²) in [6.45, 7) is 6.57. The third-order valence-corrected chi connectivity index (χ3v) is 2.97. The number of esters is 1. The predicted molar refractivity (Wildman–Crippen MR) is 83.3 cm³/mol. The fourth-order valence-electron chi connectivity index (χ4n) is 1.83. The molecule has 0 heterocycles. The summed E-state index contributed by atoms with van der Waals surface area (Å²) >= 11 is 0. The zero-order valence-corrected chi connectivity index (χ0v) is 13.3. The van der Waals surface area contributed by atoms with Crippen LogP contribution in [0.2, 0.25) is 0 Å². The van der Waals surface area contributed by atoms with Crippen molar-refractivity contribution in [3.05, 3.63) is 29.8 Å². The zero-order valence-electron chi connectivity index (χ0n) is 13.3. The van der Waals surface area contributed by atoms with E-state index in [-0.39, 0.29) is 18.1 Å². The minimum Gasteiger partial charge on any atom is -0.484 e. The molecule has 0 aliphatic heterocycles. The molecule has 0 aromatic heterocycles. The molecule has 3 N–H and O–H groups in total. The fraction of sp³-hybridized carbons (Fsp3) is 0.500. The molecular weight excluding hydrogens is 284 g/mol. The Morgan fingerprint density at radius 3 is 2.41 bits per heavy atom. The second-order valence-corrected chi connectivity index (χ2v) is 5.62. The Labute approximate surface area is 131 Å². The van der Waals surface area contributed by atoms with E-state index in [1.165, 1.54) is 0 Å². The largest absolute Gasteiger partial charge is 0.484 e. The van der Waals surface area contributed by atoms with Crippen LogP contribution < -0.4 is 15.8 Å². The standard InChI is InChI=1S/C16H24N2O4/c1-4-21-15(20)9-16(2,3)18-10-12-5-7-13(8-6-12)22-11-14(17)19/h5-8,18H,4,9-11H2,1-3H3,(H2,17,19). The topological polar surface area (TPSA) is 90.7 Å². The smallest absolute Gasteiger partial charge is 0.307 e. The Kier molecular flexibility index (Phi) is 6.85.